The third kappa shape index (κ3) is 57.4. The third-order valence-electron chi connectivity index (χ3n) is 9.10. The second-order valence-electron chi connectivity index (χ2n) is 14.4. The van der Waals surface area contributed by atoms with E-state index >= 15 is 0 Å². The van der Waals surface area contributed by atoms with Crippen LogP contribution in [0, 0.1) is 0 Å². The van der Waals surface area contributed by atoms with Crippen molar-refractivity contribution in [2.24, 2.45) is 0 Å². The van der Waals surface area contributed by atoms with Gasteiger partial charge in [0.15, 0.2) is 0 Å². The van der Waals surface area contributed by atoms with Crippen LogP contribution in [-0.2, 0) is 61.6 Å². The van der Waals surface area contributed by atoms with E-state index in [1.165, 1.54) is 96.3 Å². The van der Waals surface area contributed by atoms with Crippen molar-refractivity contribution in [3.63, 3.8) is 0 Å². The lowest BCUT2D eigenvalue weighted by molar-refractivity contribution is -0.0290. The molecule has 356 valence electrons. The van der Waals surface area contributed by atoms with Crippen LogP contribution in [0.5, 0.6) is 0 Å². The van der Waals surface area contributed by atoms with Gasteiger partial charge in [-0.3, -0.25) is 0 Å². The van der Waals surface area contributed by atoms with Crippen molar-refractivity contribution in [2.45, 2.75) is 110 Å². The molecule has 1 N–H and O–H groups in total. The Balaban J connectivity index is 3.06. The highest BCUT2D eigenvalue weighted by atomic mass is 16.6. The van der Waals surface area contributed by atoms with E-state index < -0.39 is 0 Å². The van der Waals surface area contributed by atoms with Crippen LogP contribution in [0.1, 0.15) is 110 Å². The van der Waals surface area contributed by atoms with E-state index in [1.54, 1.807) is 0 Å². The lowest BCUT2D eigenvalue weighted by Gasteiger charge is -2.09. The number of unbranched alkanes of at least 4 members (excludes halogenated alkanes) is 15. The van der Waals surface area contributed by atoms with E-state index in [1.807, 2.05) is 7.05 Å². The first kappa shape index (κ1) is 58.4. The first-order valence-electron chi connectivity index (χ1n) is 23.6. The molecule has 0 saturated heterocycles. The molecule has 0 aromatic rings. The monoisotopic (exact) mass is 856 g/mol. The van der Waals surface area contributed by atoms with E-state index in [0.29, 0.717) is 165 Å². The summed E-state index contributed by atoms with van der Waals surface area (Å²) in [5, 5.41) is 3.03. The molecule has 0 atom stereocenters. The Bertz CT molecular complexity index is 661. The fourth-order valence-corrected chi connectivity index (χ4v) is 5.67. The summed E-state index contributed by atoms with van der Waals surface area (Å²) in [5.41, 5.74) is 0. The Morgan fingerprint density at radius 3 is 0.576 bits per heavy atom. The Morgan fingerprint density at radius 1 is 0.203 bits per heavy atom. The van der Waals surface area contributed by atoms with Crippen molar-refractivity contribution >= 4 is 0 Å². The summed E-state index contributed by atoms with van der Waals surface area (Å²) in [5.74, 6) is 0. The fourth-order valence-electron chi connectivity index (χ4n) is 5.67. The summed E-state index contributed by atoms with van der Waals surface area (Å²) in [6.45, 7) is 17.7. The second kappa shape index (κ2) is 57.4. The summed E-state index contributed by atoms with van der Waals surface area (Å²) in [4.78, 5) is 0. The zero-order valence-corrected chi connectivity index (χ0v) is 38.2. The molecular formula is C45H93NO13. The number of rotatable bonds is 56. The van der Waals surface area contributed by atoms with Gasteiger partial charge in [-0.05, 0) is 13.5 Å². The highest BCUT2D eigenvalue weighted by Crippen LogP contribution is 2.13. The van der Waals surface area contributed by atoms with Crippen molar-refractivity contribution in [3.8, 4) is 0 Å². The van der Waals surface area contributed by atoms with E-state index in [2.05, 4.69) is 12.2 Å². The summed E-state index contributed by atoms with van der Waals surface area (Å²) >= 11 is 0. The predicted molar refractivity (Wildman–Crippen MR) is 234 cm³/mol. The highest BCUT2D eigenvalue weighted by molar-refractivity contribution is 4.50. The predicted octanol–water partition coefficient (Wildman–Crippen LogP) is 6.68. The molecule has 0 aliphatic carbocycles. The van der Waals surface area contributed by atoms with Gasteiger partial charge in [0.25, 0.3) is 0 Å². The van der Waals surface area contributed by atoms with Crippen molar-refractivity contribution in [3.05, 3.63) is 0 Å². The highest BCUT2D eigenvalue weighted by Gasteiger charge is 1.99. The van der Waals surface area contributed by atoms with Gasteiger partial charge in [0.2, 0.25) is 0 Å². The number of hydrogen-bond acceptors (Lipinski definition) is 14. The Labute approximate surface area is 361 Å². The first-order valence-corrected chi connectivity index (χ1v) is 23.6. The van der Waals surface area contributed by atoms with Crippen LogP contribution in [0.25, 0.3) is 0 Å². The molecule has 0 unspecified atom stereocenters. The Morgan fingerprint density at radius 2 is 0.373 bits per heavy atom. The van der Waals surface area contributed by atoms with Crippen LogP contribution in [0.15, 0.2) is 0 Å². The van der Waals surface area contributed by atoms with E-state index in [-0.39, 0.29) is 0 Å². The smallest absolute Gasteiger partial charge is 0.0701 e. The number of ether oxygens (including phenoxy) is 13. The molecule has 0 aromatic carbocycles. The molecule has 0 aromatic heterocycles. The first-order chi connectivity index (χ1) is 29.4. The maximum Gasteiger partial charge on any atom is 0.0701 e. The minimum Gasteiger partial charge on any atom is -0.379 e. The van der Waals surface area contributed by atoms with Gasteiger partial charge >= 0.3 is 0 Å². The van der Waals surface area contributed by atoms with Crippen LogP contribution in [-0.4, -0.2) is 185 Å². The fraction of sp³-hybridized carbons (Fsp3) is 1.00. The molecule has 0 bridgehead atoms. The Hall–Kier alpha value is -0.560. The molecule has 0 spiro atoms. The van der Waals surface area contributed by atoms with Crippen molar-refractivity contribution in [1.82, 2.24) is 5.32 Å². The van der Waals surface area contributed by atoms with Crippen LogP contribution >= 0.6 is 0 Å². The Kier molecular flexibility index (Phi) is 56.9. The summed E-state index contributed by atoms with van der Waals surface area (Å²) in [6, 6.07) is 0. The van der Waals surface area contributed by atoms with Crippen LogP contribution in [0.2, 0.25) is 0 Å². The molecule has 0 aliphatic heterocycles. The standard InChI is InChI=1S/C45H93NO13/c1-3-4-5-6-7-8-9-10-11-12-13-14-15-16-17-18-20-47-22-24-49-26-28-51-30-32-53-34-36-55-38-40-57-42-44-59-45-43-58-41-39-56-37-35-54-33-31-52-29-27-50-25-23-48-21-19-46-2/h46H,3-45H2,1-2H3. The average Bonchev–Trinajstić information content (AvgIpc) is 3.25. The maximum atomic E-state index is 5.70. The molecule has 14 nitrogen and oxygen atoms in total. The molecule has 0 saturated carbocycles. The molecule has 0 aliphatic rings. The molecule has 14 heteroatoms. The topological polar surface area (TPSA) is 132 Å². The van der Waals surface area contributed by atoms with Crippen molar-refractivity contribution < 1.29 is 61.6 Å². The minimum absolute atomic E-state index is 0.515. The summed E-state index contributed by atoms with van der Waals surface area (Å²) < 4.78 is 71.7. The quantitative estimate of drug-likeness (QED) is 0.0653. The van der Waals surface area contributed by atoms with Gasteiger partial charge in [0.1, 0.15) is 0 Å². The van der Waals surface area contributed by atoms with Crippen LogP contribution in [0.4, 0.5) is 0 Å². The van der Waals surface area contributed by atoms with Crippen molar-refractivity contribution in [1.29, 1.82) is 0 Å². The SMILES string of the molecule is CCCCCCCCCCCCCCCCCCOCCOCCOCCOCCOCCOCCOCCOCCOCCOCCOCCOCCOCCNC. The normalized spacial score (nSPS) is 11.7. The van der Waals surface area contributed by atoms with Gasteiger partial charge in [-0.1, -0.05) is 103 Å². The zero-order chi connectivity index (χ0) is 42.3. The molecule has 0 heterocycles. The van der Waals surface area contributed by atoms with E-state index in [9.17, 15) is 0 Å². The van der Waals surface area contributed by atoms with Gasteiger partial charge in [-0.2, -0.15) is 0 Å². The van der Waals surface area contributed by atoms with Crippen LogP contribution in [0.3, 0.4) is 0 Å². The molecule has 0 radical (unpaired) electrons. The number of likely N-dealkylation sites (N-methyl/N-ethyl adjacent to an activating group) is 1. The maximum absolute atomic E-state index is 5.70. The summed E-state index contributed by atoms with van der Waals surface area (Å²) in [6.07, 6.45) is 22.2. The molecule has 0 fully saturated rings. The van der Waals surface area contributed by atoms with E-state index in [0.717, 1.165) is 19.6 Å². The molecule has 0 amide bonds. The van der Waals surface area contributed by atoms with E-state index in [4.69, 9.17) is 61.6 Å². The van der Waals surface area contributed by atoms with Crippen LogP contribution < -0.4 is 5.32 Å². The minimum atomic E-state index is 0.515. The van der Waals surface area contributed by atoms with Crippen molar-refractivity contribution in [2.75, 3.05) is 185 Å². The largest absolute Gasteiger partial charge is 0.379 e. The van der Waals surface area contributed by atoms with Gasteiger partial charge in [-0.15, -0.1) is 0 Å². The lowest BCUT2D eigenvalue weighted by Crippen LogP contribution is -2.17. The average molecular weight is 856 g/mol. The number of nitrogens with one attached hydrogen (secondary N) is 1. The molecule has 59 heavy (non-hydrogen) atoms. The number of hydrogen-bond donors (Lipinski definition) is 1. The molecule has 0 rings (SSSR count). The molecular weight excluding hydrogens is 762 g/mol. The van der Waals surface area contributed by atoms with Gasteiger partial charge in [-0.25, -0.2) is 0 Å². The summed E-state index contributed by atoms with van der Waals surface area (Å²) in [7, 11) is 1.90. The lowest BCUT2D eigenvalue weighted by atomic mass is 10.0. The zero-order valence-electron chi connectivity index (χ0n) is 38.2. The van der Waals surface area contributed by atoms with Gasteiger partial charge in [0, 0.05) is 13.2 Å². The second-order valence-corrected chi connectivity index (χ2v) is 14.4. The van der Waals surface area contributed by atoms with Gasteiger partial charge in [0.05, 0.1) is 165 Å². The van der Waals surface area contributed by atoms with Gasteiger partial charge < -0.3 is 66.9 Å². The third-order valence-corrected chi connectivity index (χ3v) is 9.10.